The van der Waals surface area contributed by atoms with Crippen molar-refractivity contribution < 1.29 is 4.79 Å². The number of hydrogen-bond donors (Lipinski definition) is 1. The molecule has 0 aliphatic heterocycles. The lowest BCUT2D eigenvalue weighted by Gasteiger charge is -2.13. The number of para-hydroxylation sites is 2. The minimum absolute atomic E-state index is 0.232. The van der Waals surface area contributed by atoms with Crippen molar-refractivity contribution in [1.29, 1.82) is 0 Å². The summed E-state index contributed by atoms with van der Waals surface area (Å²) in [5.41, 5.74) is 7.25. The molecule has 26 heavy (non-hydrogen) atoms. The first-order chi connectivity index (χ1) is 12.4. The number of nitrogens with zero attached hydrogens (tertiary/aromatic N) is 3. The molecule has 3 rings (SSSR count). The molecule has 0 fully saturated rings. The number of aryl methyl sites for hydroxylation is 4. The molecule has 3 aromatic rings. The van der Waals surface area contributed by atoms with Crippen molar-refractivity contribution in [2.45, 2.75) is 41.0 Å². The predicted octanol–water partition coefficient (Wildman–Crippen LogP) is 4.32. The lowest BCUT2D eigenvalue weighted by atomic mass is 10.1. The van der Waals surface area contributed by atoms with Crippen LogP contribution in [-0.2, 0) is 6.42 Å². The number of amides is 1. The van der Waals surface area contributed by atoms with Crippen LogP contribution in [0.25, 0.3) is 5.69 Å². The van der Waals surface area contributed by atoms with Crippen LogP contribution in [-0.4, -0.2) is 20.9 Å². The van der Waals surface area contributed by atoms with Crippen molar-refractivity contribution in [3.63, 3.8) is 0 Å². The van der Waals surface area contributed by atoms with Crippen molar-refractivity contribution in [1.82, 2.24) is 15.0 Å². The topological polar surface area (TPSA) is 59.8 Å². The first kappa shape index (κ1) is 17.9. The number of carbonyl (C=O) groups is 1. The number of anilines is 1. The van der Waals surface area contributed by atoms with Gasteiger partial charge in [0.2, 0.25) is 0 Å². The number of nitrogens with one attached hydrogen (secondary N) is 1. The van der Waals surface area contributed by atoms with Crippen LogP contribution < -0.4 is 5.32 Å². The first-order valence-electron chi connectivity index (χ1n) is 8.82. The highest BCUT2D eigenvalue weighted by molar-refractivity contribution is 6.04. The average molecular weight is 348 g/mol. The van der Waals surface area contributed by atoms with Crippen molar-refractivity contribution in [2.75, 3.05) is 5.32 Å². The molecule has 1 amide bonds. The largest absolute Gasteiger partial charge is 0.320 e. The number of hydrogen-bond acceptors (Lipinski definition) is 3. The smallest absolute Gasteiger partial charge is 0.278 e. The molecule has 1 aromatic heterocycles. The highest BCUT2D eigenvalue weighted by Crippen LogP contribution is 2.24. The molecule has 2 aromatic carbocycles. The Balaban J connectivity index is 1.97. The van der Waals surface area contributed by atoms with Gasteiger partial charge in [0.1, 0.15) is 0 Å². The Morgan fingerprint density at radius 2 is 1.62 bits per heavy atom. The van der Waals surface area contributed by atoms with E-state index in [0.29, 0.717) is 5.69 Å². The summed E-state index contributed by atoms with van der Waals surface area (Å²) in [6, 6.07) is 12.1. The van der Waals surface area contributed by atoms with Gasteiger partial charge in [0.15, 0.2) is 5.69 Å². The molecule has 0 saturated carbocycles. The maximum atomic E-state index is 12.8. The van der Waals surface area contributed by atoms with E-state index in [2.05, 4.69) is 22.6 Å². The third-order valence-electron chi connectivity index (χ3n) is 4.74. The summed E-state index contributed by atoms with van der Waals surface area (Å²) in [6.45, 7) is 10.0. The molecule has 0 aliphatic carbocycles. The van der Waals surface area contributed by atoms with Crippen LogP contribution in [0.5, 0.6) is 0 Å². The molecule has 0 radical (unpaired) electrons. The Kier molecular flexibility index (Phi) is 4.89. The normalized spacial score (nSPS) is 10.8. The first-order valence-corrected chi connectivity index (χ1v) is 8.82. The zero-order valence-corrected chi connectivity index (χ0v) is 15.9. The second-order valence-electron chi connectivity index (χ2n) is 6.59. The molecule has 1 heterocycles. The molecule has 134 valence electrons. The Hall–Kier alpha value is -2.95. The van der Waals surface area contributed by atoms with Crippen molar-refractivity contribution in [3.8, 4) is 5.69 Å². The number of rotatable bonds is 4. The molecule has 0 atom stereocenters. The quantitative estimate of drug-likeness (QED) is 0.764. The van der Waals surface area contributed by atoms with Crippen molar-refractivity contribution in [2.24, 2.45) is 0 Å². The number of carbonyl (C=O) groups excluding carboxylic acids is 1. The van der Waals surface area contributed by atoms with Crippen LogP contribution in [0.1, 0.15) is 45.4 Å². The average Bonchev–Trinajstić information content (AvgIpc) is 2.98. The number of aromatic nitrogens is 3. The minimum atomic E-state index is -0.232. The summed E-state index contributed by atoms with van der Waals surface area (Å²) < 4.78 is 1.75. The summed E-state index contributed by atoms with van der Waals surface area (Å²) in [4.78, 5) is 12.8. The lowest BCUT2D eigenvalue weighted by molar-refractivity contribution is 0.102. The van der Waals surface area contributed by atoms with Crippen LogP contribution in [0.15, 0.2) is 36.4 Å². The fourth-order valence-electron chi connectivity index (χ4n) is 3.27. The number of benzene rings is 2. The van der Waals surface area contributed by atoms with Gasteiger partial charge in [0.25, 0.3) is 5.91 Å². The zero-order valence-electron chi connectivity index (χ0n) is 15.9. The molecule has 5 heteroatoms. The van der Waals surface area contributed by atoms with E-state index >= 15 is 0 Å². The van der Waals surface area contributed by atoms with E-state index in [-0.39, 0.29) is 5.91 Å². The van der Waals surface area contributed by atoms with Gasteiger partial charge in [-0.25, -0.2) is 4.68 Å². The lowest BCUT2D eigenvalue weighted by Crippen LogP contribution is -2.16. The molecular formula is C21H24N4O. The molecule has 0 unspecified atom stereocenters. The molecule has 0 spiro atoms. The van der Waals surface area contributed by atoms with Crippen LogP contribution >= 0.6 is 0 Å². The van der Waals surface area contributed by atoms with Crippen molar-refractivity contribution >= 4 is 11.6 Å². The second-order valence-corrected chi connectivity index (χ2v) is 6.59. The monoisotopic (exact) mass is 348 g/mol. The minimum Gasteiger partial charge on any atom is -0.320 e. The molecule has 0 saturated heterocycles. The third kappa shape index (κ3) is 3.12. The predicted molar refractivity (Wildman–Crippen MR) is 104 cm³/mol. The fourth-order valence-corrected chi connectivity index (χ4v) is 3.27. The van der Waals surface area contributed by atoms with Gasteiger partial charge in [-0.2, -0.15) is 0 Å². The second kappa shape index (κ2) is 7.12. The van der Waals surface area contributed by atoms with Gasteiger partial charge >= 0.3 is 0 Å². The third-order valence-corrected chi connectivity index (χ3v) is 4.74. The van der Waals surface area contributed by atoms with E-state index in [4.69, 9.17) is 0 Å². The summed E-state index contributed by atoms with van der Waals surface area (Å²) in [6.07, 6.45) is 0.853. The Labute approximate surface area is 154 Å². The van der Waals surface area contributed by atoms with Gasteiger partial charge in [-0.3, -0.25) is 4.79 Å². The molecule has 0 aliphatic rings. The van der Waals surface area contributed by atoms with E-state index in [1.54, 1.807) is 4.68 Å². The summed E-state index contributed by atoms with van der Waals surface area (Å²) in [7, 11) is 0. The summed E-state index contributed by atoms with van der Waals surface area (Å²) >= 11 is 0. The Morgan fingerprint density at radius 1 is 1.00 bits per heavy atom. The maximum Gasteiger partial charge on any atom is 0.278 e. The van der Waals surface area contributed by atoms with E-state index in [0.717, 1.165) is 45.7 Å². The zero-order chi connectivity index (χ0) is 18.8. The van der Waals surface area contributed by atoms with Crippen LogP contribution in [0.3, 0.4) is 0 Å². The van der Waals surface area contributed by atoms with E-state index in [9.17, 15) is 4.79 Å². The highest BCUT2D eigenvalue weighted by Gasteiger charge is 2.20. The maximum absolute atomic E-state index is 12.8. The van der Waals surface area contributed by atoms with E-state index < -0.39 is 0 Å². The SMILES string of the molecule is CCc1cccc(C)c1NC(=O)c1nnn(-c2c(C)cccc2C)c1C. The van der Waals surface area contributed by atoms with E-state index in [1.807, 2.05) is 64.1 Å². The Morgan fingerprint density at radius 3 is 2.27 bits per heavy atom. The van der Waals surface area contributed by atoms with Gasteiger partial charge in [0, 0.05) is 5.69 Å². The Bertz CT molecular complexity index is 952. The van der Waals surface area contributed by atoms with Crippen LogP contribution in [0.2, 0.25) is 0 Å². The summed E-state index contributed by atoms with van der Waals surface area (Å²) in [5, 5.41) is 11.4. The van der Waals surface area contributed by atoms with E-state index in [1.165, 1.54) is 0 Å². The molecule has 1 N–H and O–H groups in total. The molecular weight excluding hydrogens is 324 g/mol. The standard InChI is InChI=1S/C21H24N4O/c1-6-17-12-8-9-13(2)18(17)22-21(26)19-16(5)25(24-23-19)20-14(3)10-7-11-15(20)4/h7-12H,6H2,1-5H3,(H,22,26). The molecule has 5 nitrogen and oxygen atoms in total. The van der Waals surface area contributed by atoms with Crippen LogP contribution in [0, 0.1) is 27.7 Å². The molecule has 0 bridgehead atoms. The van der Waals surface area contributed by atoms with Gasteiger partial charge in [-0.05, 0) is 56.4 Å². The highest BCUT2D eigenvalue weighted by atomic mass is 16.2. The van der Waals surface area contributed by atoms with Gasteiger partial charge in [-0.15, -0.1) is 5.10 Å². The summed E-state index contributed by atoms with van der Waals surface area (Å²) in [5.74, 6) is -0.232. The van der Waals surface area contributed by atoms with Gasteiger partial charge < -0.3 is 5.32 Å². The van der Waals surface area contributed by atoms with Crippen LogP contribution in [0.4, 0.5) is 5.69 Å². The van der Waals surface area contributed by atoms with Gasteiger partial charge in [0.05, 0.1) is 11.4 Å². The van der Waals surface area contributed by atoms with Gasteiger partial charge in [-0.1, -0.05) is 48.5 Å². The van der Waals surface area contributed by atoms with Crippen molar-refractivity contribution in [3.05, 3.63) is 70.0 Å². The fraction of sp³-hybridized carbons (Fsp3) is 0.286.